The number of rotatable bonds is 4. The number of hydrogen-bond donors (Lipinski definition) is 4. The summed E-state index contributed by atoms with van der Waals surface area (Å²) < 4.78 is 0. The van der Waals surface area contributed by atoms with Crippen LogP contribution in [0.2, 0.25) is 0 Å². The van der Waals surface area contributed by atoms with Crippen LogP contribution in [0.3, 0.4) is 0 Å². The van der Waals surface area contributed by atoms with E-state index in [1.807, 2.05) is 0 Å². The molecule has 5 N–H and O–H groups in total. The molecule has 6 nitrogen and oxygen atoms in total. The van der Waals surface area contributed by atoms with Crippen molar-refractivity contribution in [3.8, 4) is 0 Å². The van der Waals surface area contributed by atoms with E-state index in [9.17, 15) is 5.11 Å². The first-order chi connectivity index (χ1) is 8.88. The van der Waals surface area contributed by atoms with Crippen LogP contribution < -0.4 is 16.6 Å². The largest absolute Gasteiger partial charge is 0.393 e. The van der Waals surface area contributed by atoms with E-state index in [0.29, 0.717) is 11.7 Å². The summed E-state index contributed by atoms with van der Waals surface area (Å²) in [4.78, 5) is 8.89. The van der Waals surface area contributed by atoms with E-state index in [1.54, 1.807) is 6.07 Å². The van der Waals surface area contributed by atoms with Crippen LogP contribution in [0.5, 0.6) is 0 Å². The minimum absolute atomic E-state index is 0.122. The van der Waals surface area contributed by atoms with E-state index in [1.165, 1.54) is 0 Å². The normalized spacial score (nSPS) is 22.8. The lowest BCUT2D eigenvalue weighted by Crippen LogP contribution is -2.33. The average Bonchev–Trinajstić information content (AvgIpc) is 2.31. The Morgan fingerprint density at radius 2 is 1.95 bits per heavy atom. The van der Waals surface area contributed by atoms with Crippen LogP contribution in [-0.4, -0.2) is 27.7 Å². The highest BCUT2D eigenvalue weighted by molar-refractivity contribution is 5.47. The molecule has 0 unspecified atom stereocenters. The minimum atomic E-state index is -0.129. The average molecular weight is 265 g/mol. The van der Waals surface area contributed by atoms with Gasteiger partial charge in [-0.3, -0.25) is 0 Å². The lowest BCUT2D eigenvalue weighted by Gasteiger charge is -2.31. The van der Waals surface area contributed by atoms with Crippen LogP contribution in [0.4, 0.5) is 11.6 Å². The van der Waals surface area contributed by atoms with E-state index < -0.39 is 0 Å². The van der Waals surface area contributed by atoms with Gasteiger partial charge in [-0.05, 0) is 18.8 Å². The van der Waals surface area contributed by atoms with Crippen LogP contribution in [0.1, 0.15) is 39.4 Å². The molecule has 1 aromatic heterocycles. The Balaban J connectivity index is 2.06. The molecular formula is C13H23N5O. The van der Waals surface area contributed by atoms with Crippen LogP contribution in [0.25, 0.3) is 0 Å². The third-order valence-electron chi connectivity index (χ3n) is 3.33. The maximum Gasteiger partial charge on any atom is 0.145 e. The van der Waals surface area contributed by atoms with Gasteiger partial charge >= 0.3 is 0 Å². The lowest BCUT2D eigenvalue weighted by atomic mass is 9.82. The highest BCUT2D eigenvalue weighted by Gasteiger charge is 2.27. The molecule has 0 bridgehead atoms. The van der Waals surface area contributed by atoms with Crippen LogP contribution in [0.15, 0.2) is 6.07 Å². The van der Waals surface area contributed by atoms with Gasteiger partial charge in [-0.25, -0.2) is 15.8 Å². The standard InChI is InChI=1S/C13H23N5O/c1-13(2,3)12-16-10(6-11(17-12)18-14)15-7-8-4-9(19)5-8/h6,8-9,19H,4-5,7,14H2,1-3H3,(H2,15,16,17,18). The monoisotopic (exact) mass is 265 g/mol. The van der Waals surface area contributed by atoms with Crippen molar-refractivity contribution in [1.82, 2.24) is 9.97 Å². The molecule has 2 rings (SSSR count). The first kappa shape index (κ1) is 14.0. The number of nitrogens with two attached hydrogens (primary N) is 1. The zero-order valence-corrected chi connectivity index (χ0v) is 11.8. The van der Waals surface area contributed by atoms with Crippen molar-refractivity contribution in [3.05, 3.63) is 11.9 Å². The molecule has 1 heterocycles. The summed E-state index contributed by atoms with van der Waals surface area (Å²) in [5.74, 6) is 8.10. The maximum atomic E-state index is 9.27. The second-order valence-corrected chi connectivity index (χ2v) is 6.23. The molecule has 0 spiro atoms. The molecule has 1 aliphatic carbocycles. The van der Waals surface area contributed by atoms with Crippen LogP contribution in [-0.2, 0) is 5.41 Å². The van der Waals surface area contributed by atoms with E-state index in [2.05, 4.69) is 41.5 Å². The molecule has 0 saturated heterocycles. The number of aliphatic hydroxyl groups excluding tert-OH is 1. The minimum Gasteiger partial charge on any atom is -0.393 e. The van der Waals surface area contributed by atoms with Gasteiger partial charge in [0, 0.05) is 18.0 Å². The predicted octanol–water partition coefficient (Wildman–Crippen LogP) is 1.24. The number of anilines is 2. The third-order valence-corrected chi connectivity index (χ3v) is 3.33. The fraction of sp³-hybridized carbons (Fsp3) is 0.692. The summed E-state index contributed by atoms with van der Waals surface area (Å²) in [6, 6.07) is 1.80. The number of hydrogen-bond acceptors (Lipinski definition) is 6. The molecular weight excluding hydrogens is 242 g/mol. The Labute approximate surface area is 113 Å². The van der Waals surface area contributed by atoms with Crippen molar-refractivity contribution >= 4 is 11.6 Å². The van der Waals surface area contributed by atoms with Gasteiger partial charge in [-0.2, -0.15) is 0 Å². The van der Waals surface area contributed by atoms with Crippen molar-refractivity contribution < 1.29 is 5.11 Å². The van der Waals surface area contributed by atoms with E-state index in [4.69, 9.17) is 5.84 Å². The predicted molar refractivity (Wildman–Crippen MR) is 75.8 cm³/mol. The molecule has 6 heteroatoms. The fourth-order valence-electron chi connectivity index (χ4n) is 2.06. The highest BCUT2D eigenvalue weighted by Crippen LogP contribution is 2.28. The summed E-state index contributed by atoms with van der Waals surface area (Å²) in [5.41, 5.74) is 2.44. The molecule has 19 heavy (non-hydrogen) atoms. The fourth-order valence-corrected chi connectivity index (χ4v) is 2.06. The summed E-state index contributed by atoms with van der Waals surface area (Å²) in [6.45, 7) is 7.01. The summed E-state index contributed by atoms with van der Waals surface area (Å²) >= 11 is 0. The number of aromatic nitrogens is 2. The molecule has 1 fully saturated rings. The lowest BCUT2D eigenvalue weighted by molar-refractivity contribution is 0.0486. The second kappa shape index (κ2) is 5.30. The van der Waals surface area contributed by atoms with Gasteiger partial charge < -0.3 is 15.8 Å². The number of nitrogens with one attached hydrogen (secondary N) is 2. The van der Waals surface area contributed by atoms with Crippen molar-refractivity contribution in [1.29, 1.82) is 0 Å². The number of nitrogen functional groups attached to an aromatic ring is 1. The van der Waals surface area contributed by atoms with Gasteiger partial charge in [-0.1, -0.05) is 20.8 Å². The zero-order chi connectivity index (χ0) is 14.0. The topological polar surface area (TPSA) is 96.1 Å². The van der Waals surface area contributed by atoms with E-state index >= 15 is 0 Å². The molecule has 0 aliphatic heterocycles. The van der Waals surface area contributed by atoms with Gasteiger partial charge in [-0.15, -0.1) is 0 Å². The Morgan fingerprint density at radius 3 is 2.47 bits per heavy atom. The highest BCUT2D eigenvalue weighted by atomic mass is 16.3. The first-order valence-corrected chi connectivity index (χ1v) is 6.66. The Kier molecular flexibility index (Phi) is 3.91. The number of aliphatic hydroxyl groups is 1. The van der Waals surface area contributed by atoms with Gasteiger partial charge in [0.05, 0.1) is 6.10 Å². The van der Waals surface area contributed by atoms with Gasteiger partial charge in [0.25, 0.3) is 0 Å². The molecule has 0 radical (unpaired) electrons. The van der Waals surface area contributed by atoms with Crippen molar-refractivity contribution in [3.63, 3.8) is 0 Å². The SMILES string of the molecule is CC(C)(C)c1nc(NN)cc(NCC2CC(O)C2)n1. The molecule has 106 valence electrons. The zero-order valence-electron chi connectivity index (χ0n) is 11.8. The van der Waals surface area contributed by atoms with Crippen LogP contribution in [0, 0.1) is 5.92 Å². The van der Waals surface area contributed by atoms with Crippen molar-refractivity contribution in [2.24, 2.45) is 11.8 Å². The molecule has 1 aromatic rings. The number of nitrogens with zero attached hydrogens (tertiary/aromatic N) is 2. The van der Waals surface area contributed by atoms with Crippen molar-refractivity contribution in [2.75, 3.05) is 17.3 Å². The Bertz CT molecular complexity index is 437. The quantitative estimate of drug-likeness (QED) is 0.483. The second-order valence-electron chi connectivity index (χ2n) is 6.23. The Morgan fingerprint density at radius 1 is 1.32 bits per heavy atom. The summed E-state index contributed by atoms with van der Waals surface area (Å²) in [5, 5.41) is 12.6. The number of hydrazine groups is 1. The van der Waals surface area contributed by atoms with Gasteiger partial charge in [0.2, 0.25) is 0 Å². The molecule has 0 amide bonds. The van der Waals surface area contributed by atoms with Gasteiger partial charge in [0.1, 0.15) is 17.5 Å². The maximum absolute atomic E-state index is 9.27. The van der Waals surface area contributed by atoms with Crippen LogP contribution >= 0.6 is 0 Å². The summed E-state index contributed by atoms with van der Waals surface area (Å²) in [6.07, 6.45) is 1.61. The molecule has 1 saturated carbocycles. The molecule has 0 aromatic carbocycles. The van der Waals surface area contributed by atoms with E-state index in [0.717, 1.165) is 31.0 Å². The van der Waals surface area contributed by atoms with E-state index in [-0.39, 0.29) is 11.5 Å². The molecule has 0 atom stereocenters. The third kappa shape index (κ3) is 3.54. The first-order valence-electron chi connectivity index (χ1n) is 6.66. The Hall–Kier alpha value is -1.40. The molecule has 1 aliphatic rings. The summed E-state index contributed by atoms with van der Waals surface area (Å²) in [7, 11) is 0. The van der Waals surface area contributed by atoms with Gasteiger partial charge in [0.15, 0.2) is 0 Å². The smallest absolute Gasteiger partial charge is 0.145 e. The van der Waals surface area contributed by atoms with Crippen molar-refractivity contribution in [2.45, 2.75) is 45.1 Å².